The monoisotopic (exact) mass is 471 g/mol. The summed E-state index contributed by atoms with van der Waals surface area (Å²) in [5.74, 6) is -4.01. The molecule has 0 bridgehead atoms. The van der Waals surface area contributed by atoms with Crippen LogP contribution < -0.4 is 5.32 Å². The van der Waals surface area contributed by atoms with E-state index in [1.165, 1.54) is 18.2 Å². The number of carbonyl (C=O) groups is 1. The third-order valence-corrected chi connectivity index (χ3v) is 5.51. The highest BCUT2D eigenvalue weighted by atomic mass is 79.9. The summed E-state index contributed by atoms with van der Waals surface area (Å²) >= 11 is 3.31. The standard InChI is InChI=1S/C16H12BrF2N5O3S/c17-11-7-5-10(6-8-11)15-21-23-24(22-15)9-14(25)20-12-3-1-2-4-13(12)28(26,27)16(18)19/h1-8,16H,9H2,(H,20,25). The number of sulfone groups is 1. The van der Waals surface area contributed by atoms with Gasteiger partial charge in [-0.05, 0) is 41.6 Å². The van der Waals surface area contributed by atoms with Crippen LogP contribution in [0.15, 0.2) is 57.9 Å². The van der Waals surface area contributed by atoms with Crippen LogP contribution in [0.5, 0.6) is 0 Å². The molecule has 1 heterocycles. The molecule has 1 amide bonds. The Hall–Kier alpha value is -2.73. The van der Waals surface area contributed by atoms with Crippen LogP contribution in [-0.4, -0.2) is 40.3 Å². The van der Waals surface area contributed by atoms with Crippen LogP contribution in [0.1, 0.15) is 0 Å². The highest BCUT2D eigenvalue weighted by molar-refractivity contribution is 9.10. The number of carbonyl (C=O) groups excluding carboxylic acids is 1. The molecule has 2 aromatic carbocycles. The maximum atomic E-state index is 12.8. The molecule has 8 nitrogen and oxygen atoms in total. The number of alkyl halides is 2. The van der Waals surface area contributed by atoms with Crippen molar-refractivity contribution in [2.75, 3.05) is 5.32 Å². The Kier molecular flexibility index (Phi) is 5.79. The molecular weight excluding hydrogens is 460 g/mol. The first kappa shape index (κ1) is 20.0. The van der Waals surface area contributed by atoms with E-state index in [0.717, 1.165) is 15.3 Å². The van der Waals surface area contributed by atoms with E-state index in [4.69, 9.17) is 0 Å². The lowest BCUT2D eigenvalue weighted by Gasteiger charge is -2.10. The van der Waals surface area contributed by atoms with Gasteiger partial charge in [0, 0.05) is 10.0 Å². The number of nitrogens with zero attached hydrogens (tertiary/aromatic N) is 4. The summed E-state index contributed by atoms with van der Waals surface area (Å²) < 4.78 is 50.0. The Bertz CT molecular complexity index is 1100. The number of halogens is 3. The molecular formula is C16H12BrF2N5O3S. The van der Waals surface area contributed by atoms with E-state index >= 15 is 0 Å². The van der Waals surface area contributed by atoms with E-state index in [9.17, 15) is 22.0 Å². The molecule has 0 aliphatic rings. The smallest absolute Gasteiger partial charge is 0.323 e. The molecule has 0 radical (unpaired) electrons. The van der Waals surface area contributed by atoms with Crippen molar-refractivity contribution in [2.45, 2.75) is 17.2 Å². The van der Waals surface area contributed by atoms with Crippen molar-refractivity contribution in [3.05, 3.63) is 53.0 Å². The largest absolute Gasteiger partial charge is 0.341 e. The van der Waals surface area contributed by atoms with E-state index < -0.39 is 26.4 Å². The van der Waals surface area contributed by atoms with Gasteiger partial charge in [0.25, 0.3) is 0 Å². The third-order valence-electron chi connectivity index (χ3n) is 3.54. The first-order valence-corrected chi connectivity index (χ1v) is 10.1. The number of hydrogen-bond donors (Lipinski definition) is 1. The van der Waals surface area contributed by atoms with Crippen molar-refractivity contribution >= 4 is 37.4 Å². The Labute approximate surface area is 166 Å². The van der Waals surface area contributed by atoms with Crippen LogP contribution in [0.2, 0.25) is 0 Å². The summed E-state index contributed by atoms with van der Waals surface area (Å²) in [5.41, 5.74) is 0.435. The second-order valence-corrected chi connectivity index (χ2v) is 8.30. The van der Waals surface area contributed by atoms with Gasteiger partial charge in [-0.2, -0.15) is 13.6 Å². The lowest BCUT2D eigenvalue weighted by Crippen LogP contribution is -2.22. The minimum atomic E-state index is -4.86. The number of para-hydroxylation sites is 1. The van der Waals surface area contributed by atoms with Crippen molar-refractivity contribution < 1.29 is 22.0 Å². The van der Waals surface area contributed by atoms with Crippen LogP contribution >= 0.6 is 15.9 Å². The number of hydrogen-bond acceptors (Lipinski definition) is 6. The SMILES string of the molecule is O=C(Cn1nnc(-c2ccc(Br)cc2)n1)Nc1ccccc1S(=O)(=O)C(F)F. The second kappa shape index (κ2) is 8.10. The summed E-state index contributed by atoms with van der Waals surface area (Å²) in [6.07, 6.45) is 0. The number of amides is 1. The predicted octanol–water partition coefficient (Wildman–Crippen LogP) is 2.74. The maximum absolute atomic E-state index is 12.8. The van der Waals surface area contributed by atoms with Gasteiger partial charge in [-0.15, -0.1) is 10.2 Å². The fourth-order valence-corrected chi connectivity index (χ4v) is 3.41. The molecule has 0 aliphatic carbocycles. The molecule has 3 aromatic rings. The fraction of sp³-hybridized carbons (Fsp3) is 0.125. The molecule has 0 saturated carbocycles. The van der Waals surface area contributed by atoms with Crippen LogP contribution in [0, 0.1) is 0 Å². The average Bonchev–Trinajstić information content (AvgIpc) is 3.10. The Morgan fingerprint density at radius 1 is 1.14 bits per heavy atom. The summed E-state index contributed by atoms with van der Waals surface area (Å²) in [7, 11) is -4.86. The van der Waals surface area contributed by atoms with Gasteiger partial charge in [-0.1, -0.05) is 28.1 Å². The van der Waals surface area contributed by atoms with E-state index in [2.05, 4.69) is 36.7 Å². The summed E-state index contributed by atoms with van der Waals surface area (Å²) in [5, 5.41) is 14.0. The van der Waals surface area contributed by atoms with E-state index in [1.807, 2.05) is 0 Å². The molecule has 0 spiro atoms. The maximum Gasteiger partial charge on any atom is 0.341 e. The van der Waals surface area contributed by atoms with Gasteiger partial charge in [0.05, 0.1) is 10.6 Å². The van der Waals surface area contributed by atoms with Gasteiger partial charge < -0.3 is 5.32 Å². The molecule has 12 heteroatoms. The minimum Gasteiger partial charge on any atom is -0.323 e. The predicted molar refractivity (Wildman–Crippen MR) is 99.2 cm³/mol. The lowest BCUT2D eigenvalue weighted by atomic mass is 10.2. The van der Waals surface area contributed by atoms with Crippen molar-refractivity contribution in [3.8, 4) is 11.4 Å². The zero-order chi connectivity index (χ0) is 20.3. The Morgan fingerprint density at radius 2 is 1.82 bits per heavy atom. The number of tetrazole rings is 1. The molecule has 28 heavy (non-hydrogen) atoms. The van der Waals surface area contributed by atoms with Crippen LogP contribution in [0.3, 0.4) is 0 Å². The third kappa shape index (κ3) is 4.39. The van der Waals surface area contributed by atoms with Gasteiger partial charge in [0.2, 0.25) is 21.6 Å². The molecule has 1 N–H and O–H groups in total. The molecule has 0 saturated heterocycles. The highest BCUT2D eigenvalue weighted by Gasteiger charge is 2.29. The Balaban J connectivity index is 1.75. The van der Waals surface area contributed by atoms with Gasteiger partial charge in [0.15, 0.2) is 0 Å². The van der Waals surface area contributed by atoms with E-state index in [0.29, 0.717) is 11.4 Å². The van der Waals surface area contributed by atoms with E-state index in [-0.39, 0.29) is 12.2 Å². The van der Waals surface area contributed by atoms with Gasteiger partial charge in [0.1, 0.15) is 6.54 Å². The van der Waals surface area contributed by atoms with Crippen LogP contribution in [-0.2, 0) is 21.2 Å². The minimum absolute atomic E-state index is 0.249. The molecule has 146 valence electrons. The summed E-state index contributed by atoms with van der Waals surface area (Å²) in [4.78, 5) is 12.5. The molecule has 3 rings (SSSR count). The van der Waals surface area contributed by atoms with Gasteiger partial charge >= 0.3 is 5.76 Å². The number of aromatic nitrogens is 4. The van der Waals surface area contributed by atoms with Crippen LogP contribution in [0.4, 0.5) is 14.5 Å². The molecule has 0 atom stereocenters. The number of anilines is 1. The molecule has 0 unspecified atom stereocenters. The number of rotatable bonds is 6. The topological polar surface area (TPSA) is 107 Å². The van der Waals surface area contributed by atoms with Crippen molar-refractivity contribution in [3.63, 3.8) is 0 Å². The summed E-state index contributed by atoms with van der Waals surface area (Å²) in [6.45, 7) is -0.382. The fourth-order valence-electron chi connectivity index (χ4n) is 2.26. The van der Waals surface area contributed by atoms with Gasteiger partial charge in [-0.25, -0.2) is 8.42 Å². The number of nitrogens with one attached hydrogen (secondary N) is 1. The zero-order valence-corrected chi connectivity index (χ0v) is 16.4. The zero-order valence-electron chi connectivity index (χ0n) is 14.0. The first-order chi connectivity index (χ1) is 13.3. The Morgan fingerprint density at radius 3 is 2.50 bits per heavy atom. The first-order valence-electron chi connectivity index (χ1n) is 7.72. The highest BCUT2D eigenvalue weighted by Crippen LogP contribution is 2.26. The second-order valence-electron chi connectivity index (χ2n) is 5.50. The molecule has 0 fully saturated rings. The van der Waals surface area contributed by atoms with Gasteiger partial charge in [-0.3, -0.25) is 4.79 Å². The molecule has 0 aliphatic heterocycles. The van der Waals surface area contributed by atoms with Crippen molar-refractivity contribution in [2.24, 2.45) is 0 Å². The molecule has 1 aromatic heterocycles. The average molecular weight is 472 g/mol. The van der Waals surface area contributed by atoms with Crippen molar-refractivity contribution in [1.82, 2.24) is 20.2 Å². The van der Waals surface area contributed by atoms with E-state index in [1.54, 1.807) is 24.3 Å². The normalized spacial score (nSPS) is 11.6. The number of benzene rings is 2. The van der Waals surface area contributed by atoms with Crippen LogP contribution in [0.25, 0.3) is 11.4 Å². The van der Waals surface area contributed by atoms with Crippen molar-refractivity contribution in [1.29, 1.82) is 0 Å². The quantitative estimate of drug-likeness (QED) is 0.592. The summed E-state index contributed by atoms with van der Waals surface area (Å²) in [6, 6.07) is 12.0. The lowest BCUT2D eigenvalue weighted by molar-refractivity contribution is -0.117.